The lowest BCUT2D eigenvalue weighted by Gasteiger charge is -2.05. The summed E-state index contributed by atoms with van der Waals surface area (Å²) in [6.45, 7) is 2.60. The number of hydrogen-bond donors (Lipinski definition) is 2. The van der Waals surface area contributed by atoms with E-state index in [0.717, 1.165) is 13.0 Å². The minimum Gasteiger partial charge on any atom is -0.380 e. The maximum Gasteiger partial charge on any atom is 0.223 e. The Balaban J connectivity index is 1.53. The molecular weight excluding hydrogens is 216 g/mol. The summed E-state index contributed by atoms with van der Waals surface area (Å²) in [6.07, 6.45) is 6.05. The normalized spacial score (nSPS) is 30.8. The van der Waals surface area contributed by atoms with Crippen LogP contribution >= 0.6 is 0 Å². The molecule has 2 rings (SSSR count). The summed E-state index contributed by atoms with van der Waals surface area (Å²) >= 11 is 0. The fraction of sp³-hybridized carbons (Fsp3) is 0.923. The highest BCUT2D eigenvalue weighted by Gasteiger charge is 2.54. The fourth-order valence-corrected chi connectivity index (χ4v) is 3.07. The lowest BCUT2D eigenvalue weighted by Crippen LogP contribution is -2.27. The van der Waals surface area contributed by atoms with Crippen LogP contribution in [0.5, 0.6) is 0 Å². The highest BCUT2D eigenvalue weighted by atomic mass is 16.5. The van der Waals surface area contributed by atoms with Gasteiger partial charge in [-0.2, -0.15) is 0 Å². The van der Waals surface area contributed by atoms with Crippen LogP contribution in [0.25, 0.3) is 0 Å². The van der Waals surface area contributed by atoms with E-state index >= 15 is 0 Å². The van der Waals surface area contributed by atoms with E-state index in [-0.39, 0.29) is 5.91 Å². The molecule has 1 amide bonds. The zero-order chi connectivity index (χ0) is 12.1. The molecule has 3 N–H and O–H groups in total. The summed E-state index contributed by atoms with van der Waals surface area (Å²) in [6, 6.07) is 0. The average molecular weight is 240 g/mol. The first-order valence-electron chi connectivity index (χ1n) is 6.90. The van der Waals surface area contributed by atoms with Gasteiger partial charge in [-0.05, 0) is 31.1 Å². The van der Waals surface area contributed by atoms with Gasteiger partial charge < -0.3 is 15.8 Å². The van der Waals surface area contributed by atoms with Crippen LogP contribution in [0.3, 0.4) is 0 Å². The largest absolute Gasteiger partial charge is 0.380 e. The molecule has 0 aromatic carbocycles. The highest BCUT2D eigenvalue weighted by molar-refractivity contribution is 5.82. The number of carbonyl (C=O) groups excluding carboxylic acids is 1. The zero-order valence-electron chi connectivity index (χ0n) is 10.5. The predicted octanol–water partition coefficient (Wildman–Crippen LogP) is 0.904. The van der Waals surface area contributed by atoms with Crippen LogP contribution in [0.15, 0.2) is 0 Å². The van der Waals surface area contributed by atoms with Gasteiger partial charge in [0.2, 0.25) is 5.91 Å². The van der Waals surface area contributed by atoms with E-state index in [1.807, 2.05) is 0 Å². The van der Waals surface area contributed by atoms with Gasteiger partial charge >= 0.3 is 0 Å². The van der Waals surface area contributed by atoms with Crippen molar-refractivity contribution in [2.24, 2.45) is 23.5 Å². The number of hydrogen-bond acceptors (Lipinski definition) is 3. The number of amides is 1. The van der Waals surface area contributed by atoms with Crippen molar-refractivity contribution < 1.29 is 9.53 Å². The Kier molecular flexibility index (Phi) is 4.80. The molecule has 2 atom stereocenters. The van der Waals surface area contributed by atoms with Gasteiger partial charge in [0.15, 0.2) is 0 Å². The summed E-state index contributed by atoms with van der Waals surface area (Å²) in [5.74, 6) is 2.03. The van der Waals surface area contributed by atoms with E-state index in [1.165, 1.54) is 25.7 Å². The molecule has 2 aliphatic rings. The van der Waals surface area contributed by atoms with Crippen molar-refractivity contribution in [1.29, 1.82) is 0 Å². The van der Waals surface area contributed by atoms with Crippen molar-refractivity contribution in [2.45, 2.75) is 32.1 Å². The molecule has 4 nitrogen and oxygen atoms in total. The molecule has 17 heavy (non-hydrogen) atoms. The van der Waals surface area contributed by atoms with Gasteiger partial charge in [0.05, 0.1) is 6.61 Å². The van der Waals surface area contributed by atoms with Crippen LogP contribution in [0.4, 0.5) is 0 Å². The second kappa shape index (κ2) is 6.36. The van der Waals surface area contributed by atoms with E-state index in [0.29, 0.717) is 37.5 Å². The van der Waals surface area contributed by atoms with Gasteiger partial charge in [-0.25, -0.2) is 0 Å². The summed E-state index contributed by atoms with van der Waals surface area (Å²) in [7, 11) is 0. The minimum atomic E-state index is 0.278. The molecule has 0 heterocycles. The quantitative estimate of drug-likeness (QED) is 0.650. The average Bonchev–Trinajstić information content (AvgIpc) is 3.07. The Bertz CT molecular complexity index is 246. The lowest BCUT2D eigenvalue weighted by atomic mass is 10.0. The van der Waals surface area contributed by atoms with Crippen LogP contribution in [0.1, 0.15) is 32.1 Å². The highest BCUT2D eigenvalue weighted by Crippen LogP contribution is 2.55. The van der Waals surface area contributed by atoms with E-state index in [1.54, 1.807) is 0 Å². The van der Waals surface area contributed by atoms with Crippen molar-refractivity contribution in [2.75, 3.05) is 26.3 Å². The van der Waals surface area contributed by atoms with E-state index < -0.39 is 0 Å². The monoisotopic (exact) mass is 240 g/mol. The molecule has 0 aromatic heterocycles. The first kappa shape index (κ1) is 12.8. The number of carbonyl (C=O) groups is 1. The predicted molar refractivity (Wildman–Crippen MR) is 66.4 cm³/mol. The maximum atomic E-state index is 11.9. The number of ether oxygens (including phenoxy) is 1. The second-order valence-corrected chi connectivity index (χ2v) is 5.18. The van der Waals surface area contributed by atoms with Crippen LogP contribution in [0, 0.1) is 17.8 Å². The van der Waals surface area contributed by atoms with Crippen molar-refractivity contribution in [1.82, 2.24) is 5.32 Å². The van der Waals surface area contributed by atoms with Gasteiger partial charge in [-0.1, -0.05) is 12.8 Å². The minimum absolute atomic E-state index is 0.278. The Morgan fingerprint density at radius 1 is 1.24 bits per heavy atom. The molecule has 0 aromatic rings. The van der Waals surface area contributed by atoms with Crippen LogP contribution < -0.4 is 11.1 Å². The van der Waals surface area contributed by atoms with Gasteiger partial charge in [0, 0.05) is 25.6 Å². The molecule has 0 spiro atoms. The molecule has 2 aliphatic carbocycles. The topological polar surface area (TPSA) is 64.3 Å². The molecule has 98 valence electrons. The van der Waals surface area contributed by atoms with Crippen molar-refractivity contribution in [3.05, 3.63) is 0 Å². The Morgan fingerprint density at radius 3 is 2.59 bits per heavy atom. The van der Waals surface area contributed by atoms with Gasteiger partial charge in [0.1, 0.15) is 0 Å². The van der Waals surface area contributed by atoms with E-state index in [4.69, 9.17) is 10.5 Å². The lowest BCUT2D eigenvalue weighted by molar-refractivity contribution is -0.122. The molecule has 2 fully saturated rings. The second-order valence-electron chi connectivity index (χ2n) is 5.18. The molecule has 0 radical (unpaired) electrons. The standard InChI is InChI=1S/C13H24N2O2/c14-6-9-17-8-3-7-15-13(16)12-10-4-1-2-5-11(10)12/h10-12H,1-9,14H2,(H,15,16). The fourth-order valence-electron chi connectivity index (χ4n) is 3.07. The molecule has 0 saturated heterocycles. The number of rotatable bonds is 7. The van der Waals surface area contributed by atoms with E-state index in [9.17, 15) is 4.79 Å². The molecule has 0 aliphatic heterocycles. The molecule has 4 heteroatoms. The van der Waals surface area contributed by atoms with Crippen molar-refractivity contribution in [3.63, 3.8) is 0 Å². The summed E-state index contributed by atoms with van der Waals surface area (Å²) < 4.78 is 5.26. The van der Waals surface area contributed by atoms with Crippen LogP contribution in [0.2, 0.25) is 0 Å². The molecule has 0 bridgehead atoms. The third-order valence-corrected chi connectivity index (χ3v) is 3.99. The first-order valence-corrected chi connectivity index (χ1v) is 6.90. The smallest absolute Gasteiger partial charge is 0.223 e. The van der Waals surface area contributed by atoms with Gasteiger partial charge in [-0.3, -0.25) is 4.79 Å². The third-order valence-electron chi connectivity index (χ3n) is 3.99. The van der Waals surface area contributed by atoms with Crippen molar-refractivity contribution >= 4 is 5.91 Å². The number of fused-ring (bicyclic) bond motifs is 1. The molecular formula is C13H24N2O2. The third kappa shape index (κ3) is 3.42. The van der Waals surface area contributed by atoms with E-state index in [2.05, 4.69) is 5.32 Å². The summed E-state index contributed by atoms with van der Waals surface area (Å²) in [5.41, 5.74) is 5.31. The zero-order valence-corrected chi connectivity index (χ0v) is 10.5. The summed E-state index contributed by atoms with van der Waals surface area (Å²) in [5, 5.41) is 3.03. The Labute approximate surface area is 103 Å². The van der Waals surface area contributed by atoms with Gasteiger partial charge in [0.25, 0.3) is 0 Å². The summed E-state index contributed by atoms with van der Waals surface area (Å²) in [4.78, 5) is 11.9. The van der Waals surface area contributed by atoms with Crippen LogP contribution in [-0.4, -0.2) is 32.2 Å². The van der Waals surface area contributed by atoms with Gasteiger partial charge in [-0.15, -0.1) is 0 Å². The maximum absolute atomic E-state index is 11.9. The first-order chi connectivity index (χ1) is 8.34. The SMILES string of the molecule is NCCOCCCNC(=O)C1C2CCCCC21. The molecule has 2 saturated carbocycles. The Morgan fingerprint density at radius 2 is 1.94 bits per heavy atom. The number of nitrogens with two attached hydrogens (primary N) is 1. The molecule has 2 unspecified atom stereocenters. The number of nitrogens with one attached hydrogen (secondary N) is 1. The Hall–Kier alpha value is -0.610. The van der Waals surface area contributed by atoms with Crippen molar-refractivity contribution in [3.8, 4) is 0 Å². The van der Waals surface area contributed by atoms with Crippen LogP contribution in [-0.2, 0) is 9.53 Å².